The molecule has 1 heterocycles. The van der Waals surface area contributed by atoms with Crippen LogP contribution in [0.15, 0.2) is 48.5 Å². The highest BCUT2D eigenvalue weighted by molar-refractivity contribution is 7.90. The summed E-state index contributed by atoms with van der Waals surface area (Å²) in [6.45, 7) is 0.631. The zero-order valence-electron chi connectivity index (χ0n) is 17.8. The molecule has 0 atom stereocenters. The van der Waals surface area contributed by atoms with Crippen molar-refractivity contribution in [2.75, 3.05) is 13.1 Å². The lowest BCUT2D eigenvalue weighted by molar-refractivity contribution is -0.121. The van der Waals surface area contributed by atoms with E-state index in [-0.39, 0.29) is 32.5 Å². The number of ether oxygens (including phenoxy) is 1. The van der Waals surface area contributed by atoms with Gasteiger partial charge in [0.1, 0.15) is 6.61 Å². The fraction of sp³-hybridized carbons (Fsp3) is 0.391. The first-order valence-electron chi connectivity index (χ1n) is 10.7. The lowest BCUT2D eigenvalue weighted by Gasteiger charge is -2.31. The number of hydrogen-bond donors (Lipinski definition) is 1. The van der Waals surface area contributed by atoms with E-state index in [9.17, 15) is 18.0 Å². The number of amides is 2. The molecule has 0 bridgehead atoms. The van der Waals surface area contributed by atoms with Crippen molar-refractivity contribution in [2.45, 2.75) is 43.0 Å². The first-order chi connectivity index (χ1) is 15.7. The number of benzene rings is 2. The third kappa shape index (κ3) is 5.28. The zero-order valence-corrected chi connectivity index (χ0v) is 20.1. The van der Waals surface area contributed by atoms with E-state index in [4.69, 9.17) is 27.9 Å². The highest BCUT2D eigenvalue weighted by Gasteiger charge is 2.53. The summed E-state index contributed by atoms with van der Waals surface area (Å²) in [5.74, 6) is -0.573. The maximum absolute atomic E-state index is 12.9. The minimum Gasteiger partial charge on any atom is -0.445 e. The number of sulfonamides is 1. The number of hydrogen-bond acceptors (Lipinski definition) is 5. The average molecular weight is 511 g/mol. The summed E-state index contributed by atoms with van der Waals surface area (Å²) >= 11 is 12.2. The molecule has 1 saturated heterocycles. The Bertz CT molecular complexity index is 1140. The number of carbonyl (C=O) groups is 2. The van der Waals surface area contributed by atoms with Gasteiger partial charge in [-0.15, -0.1) is 0 Å². The van der Waals surface area contributed by atoms with Gasteiger partial charge in [-0.25, -0.2) is 13.2 Å². The van der Waals surface area contributed by atoms with Gasteiger partial charge in [0.05, 0.1) is 10.7 Å². The van der Waals surface area contributed by atoms with Crippen molar-refractivity contribution in [2.24, 2.45) is 0 Å². The molecule has 0 unspecified atom stereocenters. The highest BCUT2D eigenvalue weighted by Crippen LogP contribution is 2.51. The second kappa shape index (κ2) is 9.52. The largest absolute Gasteiger partial charge is 0.445 e. The Kier molecular flexibility index (Phi) is 6.88. The second-order valence-electron chi connectivity index (χ2n) is 8.41. The molecule has 7 nitrogen and oxygen atoms in total. The van der Waals surface area contributed by atoms with Crippen LogP contribution in [-0.4, -0.2) is 43.7 Å². The Morgan fingerprint density at radius 2 is 1.73 bits per heavy atom. The molecule has 2 aromatic rings. The van der Waals surface area contributed by atoms with E-state index in [1.54, 1.807) is 18.2 Å². The van der Waals surface area contributed by atoms with Crippen LogP contribution < -0.4 is 4.72 Å². The van der Waals surface area contributed by atoms with Crippen LogP contribution in [0.4, 0.5) is 4.79 Å². The summed E-state index contributed by atoms with van der Waals surface area (Å²) in [5, 5.41) is 0.0209. The maximum Gasteiger partial charge on any atom is 0.410 e. The normalized spacial score (nSPS) is 17.9. The topological polar surface area (TPSA) is 92.8 Å². The van der Waals surface area contributed by atoms with Crippen molar-refractivity contribution in [3.8, 4) is 0 Å². The lowest BCUT2D eigenvalue weighted by atomic mass is 9.95. The van der Waals surface area contributed by atoms with Crippen molar-refractivity contribution in [1.82, 2.24) is 9.62 Å². The first-order valence-corrected chi connectivity index (χ1v) is 13.0. The molecule has 176 valence electrons. The molecule has 2 amide bonds. The molecule has 33 heavy (non-hydrogen) atoms. The van der Waals surface area contributed by atoms with Gasteiger partial charge in [0, 0.05) is 23.1 Å². The van der Waals surface area contributed by atoms with Crippen molar-refractivity contribution in [1.29, 1.82) is 0 Å². The van der Waals surface area contributed by atoms with E-state index in [0.29, 0.717) is 28.5 Å². The maximum atomic E-state index is 12.9. The molecule has 2 aliphatic rings. The van der Waals surface area contributed by atoms with Gasteiger partial charge in [-0.1, -0.05) is 59.6 Å². The molecule has 1 N–H and O–H groups in total. The summed E-state index contributed by atoms with van der Waals surface area (Å²) < 4.78 is 33.4. The molecule has 0 spiro atoms. The Balaban J connectivity index is 1.32. The number of rotatable bonds is 6. The Morgan fingerprint density at radius 3 is 2.33 bits per heavy atom. The monoisotopic (exact) mass is 510 g/mol. The number of halogens is 2. The molecule has 1 saturated carbocycles. The molecule has 10 heteroatoms. The van der Waals surface area contributed by atoms with Gasteiger partial charge in [-0.2, -0.15) is 0 Å². The number of nitrogens with zero attached hydrogens (tertiary/aromatic N) is 1. The quantitative estimate of drug-likeness (QED) is 0.626. The number of piperidine rings is 1. The molecule has 2 fully saturated rings. The fourth-order valence-corrected chi connectivity index (χ4v) is 6.13. The summed E-state index contributed by atoms with van der Waals surface area (Å²) in [6, 6.07) is 14.2. The van der Waals surface area contributed by atoms with Crippen LogP contribution in [0.25, 0.3) is 0 Å². The van der Waals surface area contributed by atoms with E-state index in [1.165, 1.54) is 4.90 Å². The average Bonchev–Trinajstić information content (AvgIpc) is 3.60. The van der Waals surface area contributed by atoms with Gasteiger partial charge in [-0.3, -0.25) is 9.52 Å². The van der Waals surface area contributed by atoms with Crippen molar-refractivity contribution in [3.05, 3.63) is 69.7 Å². The van der Waals surface area contributed by atoms with Gasteiger partial charge in [0.25, 0.3) is 0 Å². The summed E-state index contributed by atoms with van der Waals surface area (Å²) in [4.78, 5) is 26.8. The summed E-state index contributed by atoms with van der Waals surface area (Å²) in [5.41, 5.74) is 0.509. The minimum absolute atomic E-state index is 0.156. The fourth-order valence-electron chi connectivity index (χ4n) is 4.09. The molecule has 0 aromatic heterocycles. The van der Waals surface area contributed by atoms with Crippen LogP contribution in [-0.2, 0) is 31.6 Å². The Labute approximate surface area is 203 Å². The smallest absolute Gasteiger partial charge is 0.410 e. The van der Waals surface area contributed by atoms with Crippen LogP contribution in [0, 0.1) is 0 Å². The number of carbonyl (C=O) groups excluding carboxylic acids is 2. The van der Waals surface area contributed by atoms with Crippen molar-refractivity contribution >= 4 is 45.2 Å². The van der Waals surface area contributed by atoms with Crippen molar-refractivity contribution < 1.29 is 22.7 Å². The van der Waals surface area contributed by atoms with Gasteiger partial charge >= 0.3 is 6.09 Å². The van der Waals surface area contributed by atoms with Gasteiger partial charge in [0.2, 0.25) is 15.9 Å². The summed E-state index contributed by atoms with van der Waals surface area (Å²) in [7, 11) is -3.91. The standard InChI is InChI=1S/C23H24Cl2N2O5S/c24-17-6-7-19(20(25)14-17)23(10-11-23)21(28)26-33(30,31)18-8-12-27(13-9-18)22(29)32-15-16-4-2-1-3-5-16/h1-7,14,18H,8-13,15H2,(H,26,28). The molecule has 2 aromatic carbocycles. The predicted molar refractivity (Wildman–Crippen MR) is 126 cm³/mol. The van der Waals surface area contributed by atoms with E-state index >= 15 is 0 Å². The molecule has 0 radical (unpaired) electrons. The van der Waals surface area contributed by atoms with E-state index in [1.807, 2.05) is 30.3 Å². The minimum atomic E-state index is -3.91. The number of likely N-dealkylation sites (tertiary alicyclic amines) is 1. The van der Waals surface area contributed by atoms with Crippen LogP contribution in [0.1, 0.15) is 36.8 Å². The molecular formula is C23H24Cl2N2O5S. The number of nitrogens with one attached hydrogen (secondary N) is 1. The van der Waals surface area contributed by atoms with Crippen LogP contribution in [0.5, 0.6) is 0 Å². The second-order valence-corrected chi connectivity index (χ2v) is 11.2. The zero-order chi connectivity index (χ0) is 23.6. The molecular weight excluding hydrogens is 487 g/mol. The molecule has 1 aliphatic heterocycles. The molecule has 1 aliphatic carbocycles. The predicted octanol–water partition coefficient (Wildman–Crippen LogP) is 4.27. The van der Waals surface area contributed by atoms with Crippen LogP contribution in [0.3, 0.4) is 0 Å². The Morgan fingerprint density at radius 1 is 1.06 bits per heavy atom. The van der Waals surface area contributed by atoms with E-state index in [0.717, 1.165) is 5.56 Å². The van der Waals surface area contributed by atoms with Gasteiger partial charge < -0.3 is 9.64 Å². The summed E-state index contributed by atoms with van der Waals surface area (Å²) in [6.07, 6.45) is 0.992. The SMILES string of the molecule is O=C(OCc1ccccc1)N1CCC(S(=O)(=O)NC(=O)C2(c3ccc(Cl)cc3Cl)CC2)CC1. The van der Waals surface area contributed by atoms with Crippen LogP contribution in [0.2, 0.25) is 10.0 Å². The third-order valence-electron chi connectivity index (χ3n) is 6.21. The lowest BCUT2D eigenvalue weighted by Crippen LogP contribution is -2.48. The first kappa shape index (κ1) is 23.9. The van der Waals surface area contributed by atoms with Crippen LogP contribution >= 0.6 is 23.2 Å². The highest BCUT2D eigenvalue weighted by atomic mass is 35.5. The third-order valence-corrected chi connectivity index (χ3v) is 8.58. The van der Waals surface area contributed by atoms with Gasteiger partial charge in [0.15, 0.2) is 0 Å². The van der Waals surface area contributed by atoms with E-state index < -0.39 is 32.7 Å². The van der Waals surface area contributed by atoms with E-state index in [2.05, 4.69) is 4.72 Å². The Hall–Kier alpha value is -2.29. The van der Waals surface area contributed by atoms with Gasteiger partial charge in [-0.05, 0) is 48.9 Å². The molecule has 4 rings (SSSR count). The van der Waals surface area contributed by atoms with Crippen molar-refractivity contribution in [3.63, 3.8) is 0 Å².